The highest BCUT2D eigenvalue weighted by molar-refractivity contribution is 7.85. The van der Waals surface area contributed by atoms with Gasteiger partial charge >= 0.3 is 0 Å². The van der Waals surface area contributed by atoms with E-state index in [1.165, 1.54) is 0 Å². The molecule has 0 aliphatic rings. The van der Waals surface area contributed by atoms with Gasteiger partial charge in [0.25, 0.3) is 0 Å². The van der Waals surface area contributed by atoms with Crippen LogP contribution >= 0.6 is 7.14 Å². The van der Waals surface area contributed by atoms with E-state index in [1.807, 2.05) is 138 Å². The van der Waals surface area contributed by atoms with Crippen molar-refractivity contribution >= 4 is 40.4 Å². The molecule has 33 heavy (non-hydrogen) atoms. The molecule has 1 aromatic heterocycles. The van der Waals surface area contributed by atoms with Crippen LogP contribution in [0.1, 0.15) is 0 Å². The van der Waals surface area contributed by atoms with Crippen molar-refractivity contribution in [3.63, 3.8) is 0 Å². The normalized spacial score (nSPS) is 11.2. The van der Waals surface area contributed by atoms with Crippen LogP contribution in [0.4, 0.5) is 17.2 Å². The van der Waals surface area contributed by atoms with Gasteiger partial charge in [-0.25, -0.2) is 0 Å². The predicted molar refractivity (Wildman–Crippen MR) is 136 cm³/mol. The summed E-state index contributed by atoms with van der Waals surface area (Å²) in [6.07, 6.45) is 0. The maximum Gasteiger partial charge on any atom is 0.190 e. The summed E-state index contributed by atoms with van der Waals surface area (Å²) in [5, 5.41) is 10.5. The summed E-state index contributed by atoms with van der Waals surface area (Å²) < 4.78 is 14.5. The SMILES string of the molecule is O=P(c1ccccc1)(c1ccccc1)c1ccc(N(c2ccccc2)c2ccccc2)nn1. The van der Waals surface area contributed by atoms with Gasteiger partial charge in [-0.2, -0.15) is 0 Å². The summed E-state index contributed by atoms with van der Waals surface area (Å²) in [6.45, 7) is 0. The molecule has 1 heterocycles. The van der Waals surface area contributed by atoms with Crippen molar-refractivity contribution in [2.24, 2.45) is 0 Å². The first-order chi connectivity index (χ1) is 16.3. The average Bonchev–Trinajstić information content (AvgIpc) is 2.91. The highest BCUT2D eigenvalue weighted by atomic mass is 31.2. The minimum Gasteiger partial charge on any atom is -0.307 e. The van der Waals surface area contributed by atoms with E-state index in [1.54, 1.807) is 0 Å². The number of hydrogen-bond donors (Lipinski definition) is 0. The second kappa shape index (κ2) is 9.23. The molecule has 4 aromatic carbocycles. The number of anilines is 3. The number of nitrogens with zero attached hydrogens (tertiary/aromatic N) is 3. The Morgan fingerprint density at radius 2 is 0.909 bits per heavy atom. The highest BCUT2D eigenvalue weighted by Gasteiger charge is 2.31. The van der Waals surface area contributed by atoms with Crippen LogP contribution in [-0.4, -0.2) is 10.2 Å². The van der Waals surface area contributed by atoms with Crippen LogP contribution in [-0.2, 0) is 4.57 Å². The second-order valence-electron chi connectivity index (χ2n) is 7.54. The van der Waals surface area contributed by atoms with Gasteiger partial charge in [0.2, 0.25) is 0 Å². The summed E-state index contributed by atoms with van der Waals surface area (Å²) in [4.78, 5) is 2.03. The Bertz CT molecular complexity index is 1280. The number of aromatic nitrogens is 2. The average molecular weight is 447 g/mol. The Morgan fingerprint density at radius 1 is 0.485 bits per heavy atom. The Kier molecular flexibility index (Phi) is 5.84. The monoisotopic (exact) mass is 447 g/mol. The predicted octanol–water partition coefficient (Wildman–Crippen LogP) is 5.59. The second-order valence-corrected chi connectivity index (χ2v) is 10.2. The molecule has 5 rings (SSSR count). The zero-order valence-corrected chi connectivity index (χ0v) is 18.8. The standard InChI is InChI=1S/C28H22N3OP/c32-33(25-17-9-3-10-18-25,26-19-11-4-12-20-26)28-22-21-27(29-30-28)31(23-13-5-1-6-14-23)24-15-7-2-8-16-24/h1-22H. The third-order valence-corrected chi connectivity index (χ3v) is 8.39. The number of hydrogen-bond acceptors (Lipinski definition) is 4. The van der Waals surface area contributed by atoms with Crippen LogP contribution in [0.5, 0.6) is 0 Å². The van der Waals surface area contributed by atoms with Crippen molar-refractivity contribution in [1.29, 1.82) is 0 Å². The molecule has 0 atom stereocenters. The largest absolute Gasteiger partial charge is 0.307 e. The van der Waals surface area contributed by atoms with Crippen molar-refractivity contribution in [3.8, 4) is 0 Å². The van der Waals surface area contributed by atoms with E-state index < -0.39 is 7.14 Å². The van der Waals surface area contributed by atoms with Gasteiger partial charge in [-0.15, -0.1) is 10.2 Å². The fraction of sp³-hybridized carbons (Fsp3) is 0. The first-order valence-corrected chi connectivity index (χ1v) is 12.4. The van der Waals surface area contributed by atoms with Gasteiger partial charge in [0.05, 0.1) is 0 Å². The van der Waals surface area contributed by atoms with Gasteiger partial charge in [-0.3, -0.25) is 4.90 Å². The Balaban J connectivity index is 1.62. The lowest BCUT2D eigenvalue weighted by atomic mass is 10.2. The molecule has 0 bridgehead atoms. The van der Waals surface area contributed by atoms with Crippen LogP contribution in [0.3, 0.4) is 0 Å². The smallest absolute Gasteiger partial charge is 0.190 e. The van der Waals surface area contributed by atoms with Crippen molar-refractivity contribution in [2.45, 2.75) is 0 Å². The van der Waals surface area contributed by atoms with Crippen LogP contribution in [0.2, 0.25) is 0 Å². The maximum absolute atomic E-state index is 14.5. The minimum atomic E-state index is -3.16. The molecule has 0 radical (unpaired) electrons. The van der Waals surface area contributed by atoms with Gasteiger partial charge < -0.3 is 4.57 Å². The molecule has 0 N–H and O–H groups in total. The van der Waals surface area contributed by atoms with E-state index >= 15 is 0 Å². The first kappa shape index (κ1) is 20.9. The molecule has 0 amide bonds. The molecule has 160 valence electrons. The molecule has 0 fully saturated rings. The molecule has 0 saturated heterocycles. The number of benzene rings is 4. The number of para-hydroxylation sites is 2. The summed E-state index contributed by atoms with van der Waals surface area (Å²) >= 11 is 0. The Hall–Kier alpha value is -4.01. The minimum absolute atomic E-state index is 0.463. The molecule has 0 saturated carbocycles. The van der Waals surface area contributed by atoms with E-state index in [0.717, 1.165) is 22.0 Å². The molecular weight excluding hydrogens is 425 g/mol. The summed E-state index contributed by atoms with van der Waals surface area (Å²) in [7, 11) is -3.16. The zero-order valence-electron chi connectivity index (χ0n) is 17.9. The first-order valence-electron chi connectivity index (χ1n) is 10.7. The fourth-order valence-corrected chi connectivity index (χ4v) is 6.33. The third kappa shape index (κ3) is 4.09. The van der Waals surface area contributed by atoms with Crippen molar-refractivity contribution in [2.75, 3.05) is 4.90 Å². The molecule has 0 aliphatic carbocycles. The fourth-order valence-electron chi connectivity index (χ4n) is 3.86. The maximum atomic E-state index is 14.5. The van der Waals surface area contributed by atoms with Crippen LogP contribution in [0.15, 0.2) is 133 Å². The van der Waals surface area contributed by atoms with Gasteiger partial charge in [0.15, 0.2) is 13.0 Å². The lowest BCUT2D eigenvalue weighted by Crippen LogP contribution is -2.28. The molecule has 4 nitrogen and oxygen atoms in total. The summed E-state index contributed by atoms with van der Waals surface area (Å²) in [5.74, 6) is 0.656. The molecule has 0 aliphatic heterocycles. The molecule has 0 unspecified atom stereocenters. The van der Waals surface area contributed by atoms with Gasteiger partial charge in [-0.05, 0) is 36.4 Å². The van der Waals surface area contributed by atoms with Crippen molar-refractivity contribution < 1.29 is 4.57 Å². The van der Waals surface area contributed by atoms with Gasteiger partial charge in [0, 0.05) is 22.0 Å². The quantitative estimate of drug-likeness (QED) is 0.319. The number of rotatable bonds is 6. The topological polar surface area (TPSA) is 46.1 Å². The summed E-state index contributed by atoms with van der Waals surface area (Å²) in [5.41, 5.74) is 2.41. The molecule has 5 heteroatoms. The van der Waals surface area contributed by atoms with Crippen LogP contribution in [0.25, 0.3) is 0 Å². The van der Waals surface area contributed by atoms with Crippen LogP contribution < -0.4 is 20.9 Å². The van der Waals surface area contributed by atoms with Crippen molar-refractivity contribution in [3.05, 3.63) is 133 Å². The van der Waals surface area contributed by atoms with Gasteiger partial charge in [-0.1, -0.05) is 97.1 Å². The van der Waals surface area contributed by atoms with E-state index in [-0.39, 0.29) is 0 Å². The Labute approximate surface area is 193 Å². The third-order valence-electron chi connectivity index (χ3n) is 5.46. The van der Waals surface area contributed by atoms with Gasteiger partial charge in [0.1, 0.15) is 5.44 Å². The van der Waals surface area contributed by atoms with Crippen molar-refractivity contribution in [1.82, 2.24) is 10.2 Å². The molecule has 5 aromatic rings. The van der Waals surface area contributed by atoms with E-state index in [0.29, 0.717) is 11.3 Å². The Morgan fingerprint density at radius 3 is 1.30 bits per heavy atom. The van der Waals surface area contributed by atoms with E-state index in [4.69, 9.17) is 0 Å². The van der Waals surface area contributed by atoms with E-state index in [9.17, 15) is 4.57 Å². The lowest BCUT2D eigenvalue weighted by Gasteiger charge is -2.24. The summed E-state index contributed by atoms with van der Waals surface area (Å²) in [6, 6.07) is 42.8. The molecular formula is C28H22N3OP. The molecule has 0 spiro atoms. The van der Waals surface area contributed by atoms with E-state index in [2.05, 4.69) is 10.2 Å². The highest BCUT2D eigenvalue weighted by Crippen LogP contribution is 2.42. The lowest BCUT2D eigenvalue weighted by molar-refractivity contribution is 0.591. The zero-order chi connectivity index (χ0) is 22.5. The van der Waals surface area contributed by atoms with Crippen LogP contribution in [0, 0.1) is 0 Å².